The zero-order valence-electron chi connectivity index (χ0n) is 18.5. The molecule has 0 spiro atoms. The zero-order valence-corrected chi connectivity index (χ0v) is 18.5. The number of amides is 1. The van der Waals surface area contributed by atoms with Crippen LogP contribution in [0.2, 0.25) is 0 Å². The second-order valence-corrected chi connectivity index (χ2v) is 8.41. The number of nitrogens with one attached hydrogen (secondary N) is 1. The van der Waals surface area contributed by atoms with E-state index >= 15 is 0 Å². The SMILES string of the molecule is CCn1c(=O)c2ccccc2n(CC(=O)NCCOc2ccc(C(C)(C)C)cc2)c1=O. The maximum absolute atomic E-state index is 12.7. The number of hydrogen-bond donors (Lipinski definition) is 1. The Morgan fingerprint density at radius 1 is 1.00 bits per heavy atom. The van der Waals surface area contributed by atoms with E-state index < -0.39 is 5.69 Å². The third kappa shape index (κ3) is 5.05. The Balaban J connectivity index is 1.62. The standard InChI is InChI=1S/C24H29N3O4/c1-5-26-22(29)19-8-6-7-9-20(19)27(23(26)30)16-21(28)25-14-15-31-18-12-10-17(11-13-18)24(2,3)4/h6-13H,5,14-16H2,1-4H3,(H,25,28). The summed E-state index contributed by atoms with van der Waals surface area (Å²) < 4.78 is 8.17. The number of aromatic nitrogens is 2. The van der Waals surface area contributed by atoms with Gasteiger partial charge >= 0.3 is 5.69 Å². The van der Waals surface area contributed by atoms with Crippen LogP contribution < -0.4 is 21.3 Å². The van der Waals surface area contributed by atoms with Crippen LogP contribution in [0.4, 0.5) is 0 Å². The Morgan fingerprint density at radius 3 is 2.32 bits per heavy atom. The molecule has 164 valence electrons. The molecule has 3 rings (SSSR count). The summed E-state index contributed by atoms with van der Waals surface area (Å²) >= 11 is 0. The van der Waals surface area contributed by atoms with E-state index in [0.717, 1.165) is 10.3 Å². The second kappa shape index (κ2) is 9.20. The highest BCUT2D eigenvalue weighted by molar-refractivity contribution is 5.81. The van der Waals surface area contributed by atoms with Crippen molar-refractivity contribution >= 4 is 16.8 Å². The molecule has 0 fully saturated rings. The average molecular weight is 424 g/mol. The van der Waals surface area contributed by atoms with E-state index in [1.165, 1.54) is 10.1 Å². The van der Waals surface area contributed by atoms with Gasteiger partial charge < -0.3 is 10.1 Å². The zero-order chi connectivity index (χ0) is 22.6. The number of fused-ring (bicyclic) bond motifs is 1. The van der Waals surface area contributed by atoms with Gasteiger partial charge in [-0.2, -0.15) is 0 Å². The molecule has 1 amide bonds. The number of hydrogen-bond acceptors (Lipinski definition) is 4. The molecule has 0 radical (unpaired) electrons. The van der Waals surface area contributed by atoms with Gasteiger partial charge in [-0.05, 0) is 42.2 Å². The number of ether oxygens (including phenoxy) is 1. The minimum absolute atomic E-state index is 0.0784. The molecule has 0 aliphatic heterocycles. The molecule has 1 aromatic heterocycles. The molecule has 1 heterocycles. The van der Waals surface area contributed by atoms with Crippen molar-refractivity contribution < 1.29 is 9.53 Å². The van der Waals surface area contributed by atoms with Crippen LogP contribution in [0.15, 0.2) is 58.1 Å². The Hall–Kier alpha value is -3.35. The maximum atomic E-state index is 12.7. The van der Waals surface area contributed by atoms with Crippen molar-refractivity contribution in [1.82, 2.24) is 14.5 Å². The minimum atomic E-state index is -0.489. The number of para-hydroxylation sites is 1. The Bertz CT molecular complexity index is 1180. The summed E-state index contributed by atoms with van der Waals surface area (Å²) in [6.45, 7) is 8.88. The van der Waals surface area contributed by atoms with Gasteiger partial charge in [-0.1, -0.05) is 45.0 Å². The van der Waals surface area contributed by atoms with Gasteiger partial charge in [-0.25, -0.2) is 4.79 Å². The van der Waals surface area contributed by atoms with Crippen molar-refractivity contribution in [2.45, 2.75) is 46.2 Å². The summed E-state index contributed by atoms with van der Waals surface area (Å²) in [5, 5.41) is 3.19. The molecule has 0 saturated carbocycles. The fraction of sp³-hybridized carbons (Fsp3) is 0.375. The summed E-state index contributed by atoms with van der Waals surface area (Å²) in [5.74, 6) is 0.416. The fourth-order valence-corrected chi connectivity index (χ4v) is 3.41. The van der Waals surface area contributed by atoms with Crippen LogP contribution in [0.5, 0.6) is 5.75 Å². The van der Waals surface area contributed by atoms with Crippen molar-refractivity contribution in [3.05, 3.63) is 74.9 Å². The first-order valence-corrected chi connectivity index (χ1v) is 10.4. The molecule has 7 heteroatoms. The number of nitrogens with zero attached hydrogens (tertiary/aromatic N) is 2. The first kappa shape index (κ1) is 22.3. The number of rotatable bonds is 7. The van der Waals surface area contributed by atoms with Crippen LogP contribution in [0, 0.1) is 0 Å². The quantitative estimate of drug-likeness (QED) is 0.593. The summed E-state index contributed by atoms with van der Waals surface area (Å²) in [5.41, 5.74) is 0.920. The van der Waals surface area contributed by atoms with E-state index in [9.17, 15) is 14.4 Å². The summed E-state index contributed by atoms with van der Waals surface area (Å²) in [6, 6.07) is 14.7. The predicted octanol–water partition coefficient (Wildman–Crippen LogP) is 2.68. The van der Waals surface area contributed by atoms with E-state index in [4.69, 9.17) is 4.74 Å². The van der Waals surface area contributed by atoms with Crippen LogP contribution in [0.3, 0.4) is 0 Å². The van der Waals surface area contributed by atoms with Crippen molar-refractivity contribution in [3.63, 3.8) is 0 Å². The molecule has 0 atom stereocenters. The minimum Gasteiger partial charge on any atom is -0.492 e. The number of carbonyl (C=O) groups is 1. The third-order valence-corrected chi connectivity index (χ3v) is 5.16. The number of benzene rings is 2. The van der Waals surface area contributed by atoms with Gasteiger partial charge in [0.25, 0.3) is 5.56 Å². The second-order valence-electron chi connectivity index (χ2n) is 8.41. The highest BCUT2D eigenvalue weighted by Crippen LogP contribution is 2.24. The van der Waals surface area contributed by atoms with Crippen molar-refractivity contribution in [1.29, 1.82) is 0 Å². The molecular weight excluding hydrogens is 394 g/mol. The lowest BCUT2D eigenvalue weighted by Crippen LogP contribution is -2.42. The molecule has 0 saturated heterocycles. The van der Waals surface area contributed by atoms with E-state index in [-0.39, 0.29) is 30.0 Å². The van der Waals surface area contributed by atoms with Crippen molar-refractivity contribution in [3.8, 4) is 5.75 Å². The molecule has 31 heavy (non-hydrogen) atoms. The average Bonchev–Trinajstić information content (AvgIpc) is 2.74. The lowest BCUT2D eigenvalue weighted by atomic mass is 9.87. The van der Waals surface area contributed by atoms with Gasteiger partial charge in [-0.3, -0.25) is 18.7 Å². The normalized spacial score (nSPS) is 11.5. The van der Waals surface area contributed by atoms with Gasteiger partial charge in [-0.15, -0.1) is 0 Å². The summed E-state index contributed by atoms with van der Waals surface area (Å²) in [4.78, 5) is 37.6. The van der Waals surface area contributed by atoms with Crippen LogP contribution in [-0.4, -0.2) is 28.2 Å². The molecule has 0 aliphatic rings. The molecule has 1 N–H and O–H groups in total. The highest BCUT2D eigenvalue weighted by Gasteiger charge is 2.15. The van der Waals surface area contributed by atoms with Gasteiger partial charge in [0, 0.05) is 6.54 Å². The molecule has 2 aromatic carbocycles. The number of carbonyl (C=O) groups excluding carboxylic acids is 1. The van der Waals surface area contributed by atoms with Gasteiger partial charge in [0.15, 0.2) is 0 Å². The van der Waals surface area contributed by atoms with Gasteiger partial charge in [0.1, 0.15) is 18.9 Å². The lowest BCUT2D eigenvalue weighted by molar-refractivity contribution is -0.121. The van der Waals surface area contributed by atoms with Crippen LogP contribution in [-0.2, 0) is 23.3 Å². The van der Waals surface area contributed by atoms with E-state index in [0.29, 0.717) is 24.1 Å². The Kier molecular flexibility index (Phi) is 6.63. The van der Waals surface area contributed by atoms with E-state index in [1.54, 1.807) is 31.2 Å². The highest BCUT2D eigenvalue weighted by atomic mass is 16.5. The van der Waals surface area contributed by atoms with Crippen LogP contribution in [0.25, 0.3) is 10.9 Å². The maximum Gasteiger partial charge on any atom is 0.331 e. The predicted molar refractivity (Wildman–Crippen MR) is 122 cm³/mol. The first-order chi connectivity index (χ1) is 14.7. The lowest BCUT2D eigenvalue weighted by Gasteiger charge is -2.19. The topological polar surface area (TPSA) is 82.3 Å². The van der Waals surface area contributed by atoms with Crippen molar-refractivity contribution in [2.75, 3.05) is 13.2 Å². The van der Waals surface area contributed by atoms with Gasteiger partial charge in [0.05, 0.1) is 17.4 Å². The smallest absolute Gasteiger partial charge is 0.331 e. The monoisotopic (exact) mass is 423 g/mol. The molecular formula is C24H29N3O4. The molecule has 0 aliphatic carbocycles. The molecule has 0 unspecified atom stereocenters. The molecule has 0 bridgehead atoms. The van der Waals surface area contributed by atoms with E-state index in [2.05, 4.69) is 26.1 Å². The fourth-order valence-electron chi connectivity index (χ4n) is 3.41. The van der Waals surface area contributed by atoms with Crippen LogP contribution in [0.1, 0.15) is 33.3 Å². The van der Waals surface area contributed by atoms with Crippen molar-refractivity contribution in [2.24, 2.45) is 0 Å². The Morgan fingerprint density at radius 2 is 1.68 bits per heavy atom. The Labute approximate surface area is 181 Å². The summed E-state index contributed by atoms with van der Waals surface area (Å²) in [6.07, 6.45) is 0. The van der Waals surface area contributed by atoms with Crippen LogP contribution >= 0.6 is 0 Å². The van der Waals surface area contributed by atoms with Gasteiger partial charge in [0.2, 0.25) is 5.91 Å². The largest absolute Gasteiger partial charge is 0.492 e. The van der Waals surface area contributed by atoms with E-state index in [1.807, 2.05) is 24.3 Å². The molecule has 3 aromatic rings. The first-order valence-electron chi connectivity index (χ1n) is 10.4. The molecule has 7 nitrogen and oxygen atoms in total. The summed E-state index contributed by atoms with van der Waals surface area (Å²) in [7, 11) is 0. The third-order valence-electron chi connectivity index (χ3n) is 5.16.